The van der Waals surface area contributed by atoms with Crippen LogP contribution in [0.1, 0.15) is 36.0 Å². The third-order valence-electron chi connectivity index (χ3n) is 5.33. The van der Waals surface area contributed by atoms with E-state index in [1.54, 1.807) is 24.3 Å². The summed E-state index contributed by atoms with van der Waals surface area (Å²) in [7, 11) is 0. The maximum Gasteiger partial charge on any atom is 0.251 e. The van der Waals surface area contributed by atoms with Gasteiger partial charge in [0.25, 0.3) is 5.91 Å². The van der Waals surface area contributed by atoms with Gasteiger partial charge in [0.05, 0.1) is 5.92 Å². The van der Waals surface area contributed by atoms with Crippen molar-refractivity contribution in [3.63, 3.8) is 0 Å². The molecule has 0 heterocycles. The average Bonchev–Trinajstić information content (AvgIpc) is 3.15. The van der Waals surface area contributed by atoms with E-state index in [0.717, 1.165) is 19.3 Å². The van der Waals surface area contributed by atoms with Gasteiger partial charge >= 0.3 is 0 Å². The van der Waals surface area contributed by atoms with Gasteiger partial charge in [-0.1, -0.05) is 6.07 Å². The number of hydrogen-bond acceptors (Lipinski definition) is 4. The minimum Gasteiger partial charge on any atom is -0.370 e. The lowest BCUT2D eigenvalue weighted by Crippen LogP contribution is -2.42. The maximum absolute atomic E-state index is 12.6. The SMILES string of the molecule is Cl.NC(=O)CCNC(=O)c1cccc(NC(=O)C2C3CCC(C3)C2N)c1. The average molecular weight is 381 g/mol. The molecule has 1 aromatic rings. The van der Waals surface area contributed by atoms with Crippen LogP contribution in [0.25, 0.3) is 0 Å². The summed E-state index contributed by atoms with van der Waals surface area (Å²) in [6.07, 6.45) is 3.32. The van der Waals surface area contributed by atoms with E-state index in [-0.39, 0.29) is 49.1 Å². The van der Waals surface area contributed by atoms with Gasteiger partial charge in [0.2, 0.25) is 11.8 Å². The second-order valence-corrected chi connectivity index (χ2v) is 6.98. The van der Waals surface area contributed by atoms with Crippen molar-refractivity contribution >= 4 is 35.8 Å². The molecule has 0 aliphatic heterocycles. The zero-order valence-electron chi connectivity index (χ0n) is 14.4. The molecule has 26 heavy (non-hydrogen) atoms. The number of nitrogens with one attached hydrogen (secondary N) is 2. The molecule has 3 amide bonds. The Bertz CT molecular complexity index is 695. The van der Waals surface area contributed by atoms with Crippen molar-refractivity contribution in [2.45, 2.75) is 31.7 Å². The predicted molar refractivity (Wildman–Crippen MR) is 101 cm³/mol. The van der Waals surface area contributed by atoms with Crippen molar-refractivity contribution in [2.75, 3.05) is 11.9 Å². The van der Waals surface area contributed by atoms with Gasteiger partial charge < -0.3 is 22.1 Å². The molecule has 0 radical (unpaired) electrons. The number of anilines is 1. The van der Waals surface area contributed by atoms with E-state index in [4.69, 9.17) is 11.5 Å². The topological polar surface area (TPSA) is 127 Å². The number of amides is 3. The molecular weight excluding hydrogens is 356 g/mol. The summed E-state index contributed by atoms with van der Waals surface area (Å²) in [6.45, 7) is 0.185. The zero-order chi connectivity index (χ0) is 18.0. The molecule has 142 valence electrons. The molecule has 2 aliphatic rings. The standard InChI is InChI=1S/C18H24N4O3.ClH/c19-14(23)6-7-21-17(24)12-2-1-3-13(9-12)22-18(25)15-10-4-5-11(8-10)16(15)20;/h1-3,9-11,15-16H,4-8,20H2,(H2,19,23)(H,21,24)(H,22,25);1H. The molecule has 0 spiro atoms. The first kappa shape index (κ1) is 20.2. The minimum atomic E-state index is -0.469. The van der Waals surface area contributed by atoms with Gasteiger partial charge in [-0.2, -0.15) is 0 Å². The van der Waals surface area contributed by atoms with Crippen LogP contribution < -0.4 is 22.1 Å². The molecular formula is C18H25ClN4O3. The number of hydrogen-bond donors (Lipinski definition) is 4. The van der Waals surface area contributed by atoms with Crippen LogP contribution in [0.2, 0.25) is 0 Å². The summed E-state index contributed by atoms with van der Waals surface area (Å²) >= 11 is 0. The number of primary amides is 1. The first-order valence-electron chi connectivity index (χ1n) is 8.68. The van der Waals surface area contributed by atoms with Crippen molar-refractivity contribution in [2.24, 2.45) is 29.2 Å². The molecule has 1 aromatic carbocycles. The second-order valence-electron chi connectivity index (χ2n) is 6.98. The van der Waals surface area contributed by atoms with Gasteiger partial charge in [0.1, 0.15) is 0 Å². The van der Waals surface area contributed by atoms with Gasteiger partial charge in [0.15, 0.2) is 0 Å². The molecule has 2 fully saturated rings. The Hall–Kier alpha value is -2.12. The fourth-order valence-electron chi connectivity index (χ4n) is 4.09. The Morgan fingerprint density at radius 1 is 1.15 bits per heavy atom. The highest BCUT2D eigenvalue weighted by Crippen LogP contribution is 2.47. The van der Waals surface area contributed by atoms with Crippen molar-refractivity contribution in [1.82, 2.24) is 5.32 Å². The van der Waals surface area contributed by atoms with E-state index in [1.165, 1.54) is 0 Å². The third kappa shape index (κ3) is 4.34. The van der Waals surface area contributed by atoms with Crippen molar-refractivity contribution in [1.29, 1.82) is 0 Å². The van der Waals surface area contributed by atoms with E-state index in [2.05, 4.69) is 10.6 Å². The lowest BCUT2D eigenvalue weighted by atomic mass is 9.84. The van der Waals surface area contributed by atoms with Gasteiger partial charge in [0, 0.05) is 30.3 Å². The van der Waals surface area contributed by atoms with E-state index in [0.29, 0.717) is 23.1 Å². The number of rotatable bonds is 6. The number of halogens is 1. The molecule has 2 aliphatic carbocycles. The van der Waals surface area contributed by atoms with E-state index in [9.17, 15) is 14.4 Å². The summed E-state index contributed by atoms with van der Waals surface area (Å²) in [5, 5.41) is 5.52. The highest BCUT2D eigenvalue weighted by Gasteiger charge is 2.49. The molecule has 7 nitrogen and oxygen atoms in total. The molecule has 2 bridgehead atoms. The number of fused-ring (bicyclic) bond motifs is 2. The van der Waals surface area contributed by atoms with E-state index < -0.39 is 5.91 Å². The summed E-state index contributed by atoms with van der Waals surface area (Å²) in [4.78, 5) is 35.4. The Kier molecular flexibility index (Phi) is 6.61. The quantitative estimate of drug-likeness (QED) is 0.587. The van der Waals surface area contributed by atoms with Crippen molar-refractivity contribution in [3.8, 4) is 0 Å². The van der Waals surface area contributed by atoms with Gasteiger partial charge in [-0.25, -0.2) is 0 Å². The zero-order valence-corrected chi connectivity index (χ0v) is 15.3. The van der Waals surface area contributed by atoms with Crippen LogP contribution in [0.5, 0.6) is 0 Å². The molecule has 6 N–H and O–H groups in total. The van der Waals surface area contributed by atoms with Gasteiger partial charge in [-0.05, 0) is 49.3 Å². The Morgan fingerprint density at radius 2 is 1.88 bits per heavy atom. The molecule has 4 atom stereocenters. The molecule has 4 unspecified atom stereocenters. The number of carbonyl (C=O) groups excluding carboxylic acids is 3. The fraction of sp³-hybridized carbons (Fsp3) is 0.500. The highest BCUT2D eigenvalue weighted by molar-refractivity contribution is 5.98. The van der Waals surface area contributed by atoms with Crippen LogP contribution in [0, 0.1) is 17.8 Å². The van der Waals surface area contributed by atoms with Gasteiger partial charge in [-0.15, -0.1) is 12.4 Å². The first-order valence-corrected chi connectivity index (χ1v) is 8.68. The van der Waals surface area contributed by atoms with Crippen molar-refractivity contribution < 1.29 is 14.4 Å². The summed E-state index contributed by atoms with van der Waals surface area (Å²) in [5.74, 6) is -0.154. The normalized spacial score (nSPS) is 26.0. The fourth-order valence-corrected chi connectivity index (χ4v) is 4.09. The van der Waals surface area contributed by atoms with Crippen LogP contribution in [0.15, 0.2) is 24.3 Å². The van der Waals surface area contributed by atoms with E-state index in [1.807, 2.05) is 0 Å². The number of carbonyl (C=O) groups is 3. The predicted octanol–water partition coefficient (Wildman–Crippen LogP) is 1.03. The second kappa shape index (κ2) is 8.51. The Morgan fingerprint density at radius 3 is 2.54 bits per heavy atom. The van der Waals surface area contributed by atoms with Crippen LogP contribution in [-0.2, 0) is 9.59 Å². The summed E-state index contributed by atoms with van der Waals surface area (Å²) in [5.41, 5.74) is 12.2. The van der Waals surface area contributed by atoms with Gasteiger partial charge in [-0.3, -0.25) is 14.4 Å². The molecule has 2 saturated carbocycles. The molecule has 0 saturated heterocycles. The maximum atomic E-state index is 12.6. The van der Waals surface area contributed by atoms with Crippen LogP contribution in [-0.4, -0.2) is 30.3 Å². The number of nitrogens with two attached hydrogens (primary N) is 2. The lowest BCUT2D eigenvalue weighted by Gasteiger charge is -2.27. The first-order chi connectivity index (χ1) is 12.0. The molecule has 0 aromatic heterocycles. The molecule has 8 heteroatoms. The largest absolute Gasteiger partial charge is 0.370 e. The lowest BCUT2D eigenvalue weighted by molar-refractivity contribution is -0.122. The summed E-state index contributed by atoms with van der Waals surface area (Å²) in [6, 6.07) is 6.66. The highest BCUT2D eigenvalue weighted by atomic mass is 35.5. The third-order valence-corrected chi connectivity index (χ3v) is 5.33. The van der Waals surface area contributed by atoms with Crippen molar-refractivity contribution in [3.05, 3.63) is 29.8 Å². The van der Waals surface area contributed by atoms with Crippen LogP contribution >= 0.6 is 12.4 Å². The number of benzene rings is 1. The summed E-state index contributed by atoms with van der Waals surface area (Å²) < 4.78 is 0. The van der Waals surface area contributed by atoms with Crippen LogP contribution in [0.3, 0.4) is 0 Å². The minimum absolute atomic E-state index is 0. The monoisotopic (exact) mass is 380 g/mol. The Labute approximate surface area is 158 Å². The van der Waals surface area contributed by atoms with Crippen LogP contribution in [0.4, 0.5) is 5.69 Å². The smallest absolute Gasteiger partial charge is 0.251 e. The Balaban J connectivity index is 0.00000243. The molecule has 3 rings (SSSR count). The van der Waals surface area contributed by atoms with E-state index >= 15 is 0 Å².